The quantitative estimate of drug-likeness (QED) is 0.322. The molecule has 4 nitrogen and oxygen atoms in total. The number of benzene rings is 3. The number of hydrogen-bond donors (Lipinski definition) is 1. The van der Waals surface area contributed by atoms with Gasteiger partial charge in [0.25, 0.3) is 0 Å². The summed E-state index contributed by atoms with van der Waals surface area (Å²) in [6, 6.07) is 15.2. The maximum Gasteiger partial charge on any atom is 0.460 e. The van der Waals surface area contributed by atoms with Crippen LogP contribution >= 0.6 is 0 Å². The second kappa shape index (κ2) is 8.54. The number of nitrogens with one attached hydrogen (secondary N) is 1. The minimum atomic E-state index is -6.62. The first-order chi connectivity index (χ1) is 16.4. The molecule has 1 aliphatic heterocycles. The first kappa shape index (κ1) is 24.5. The van der Waals surface area contributed by atoms with E-state index in [1.807, 2.05) is 0 Å². The van der Waals surface area contributed by atoms with Gasteiger partial charge in [-0.25, -0.2) is 4.99 Å². The smallest absolute Gasteiger partial charge is 0.460 e. The van der Waals surface area contributed by atoms with E-state index >= 15 is 8.78 Å². The molecule has 0 radical (unpaired) electrons. The van der Waals surface area contributed by atoms with Crippen molar-refractivity contribution < 1.29 is 40.3 Å². The summed E-state index contributed by atoms with van der Waals surface area (Å²) in [5, 5.41) is 3.94. The molecule has 1 aliphatic rings. The van der Waals surface area contributed by atoms with Gasteiger partial charge in [-0.1, -0.05) is 54.6 Å². The maximum atomic E-state index is 15.2. The first-order valence-corrected chi connectivity index (χ1v) is 10.2. The van der Waals surface area contributed by atoms with E-state index in [9.17, 15) is 26.7 Å². The Morgan fingerprint density at radius 3 is 2.20 bits per heavy atom. The molecule has 0 bridgehead atoms. The summed E-state index contributed by atoms with van der Waals surface area (Å²) in [7, 11) is 0.818. The molecule has 1 heterocycles. The number of nitrogens with zero attached hydrogens (tertiary/aromatic N) is 1. The molecule has 184 valence electrons. The Morgan fingerprint density at radius 2 is 1.51 bits per heavy atom. The van der Waals surface area contributed by atoms with Crippen molar-refractivity contribution in [3.05, 3.63) is 72.3 Å². The van der Waals surface area contributed by atoms with Gasteiger partial charge in [0.2, 0.25) is 0 Å². The Hall–Kier alpha value is -3.63. The standard InChI is InChI=1S/C24H17F7N2O2/c1-35-21(34)18-19(15-10-6-8-13-7-2-3-9-14(13)15)32-16-11-4-5-12-17(16)33-20(18)22(25,26)23(27,28)24(29,30)31/h2-12,18-19,32H,1H3. The summed E-state index contributed by atoms with van der Waals surface area (Å²) in [6.07, 6.45) is -6.62. The highest BCUT2D eigenvalue weighted by Crippen LogP contribution is 2.51. The van der Waals surface area contributed by atoms with Gasteiger partial charge in [0.05, 0.1) is 24.5 Å². The van der Waals surface area contributed by atoms with E-state index < -0.39 is 41.7 Å². The van der Waals surface area contributed by atoms with Crippen molar-refractivity contribution >= 4 is 33.8 Å². The number of fused-ring (bicyclic) bond motifs is 2. The number of esters is 1. The fourth-order valence-electron chi connectivity index (χ4n) is 4.06. The van der Waals surface area contributed by atoms with Crippen molar-refractivity contribution in [1.29, 1.82) is 0 Å². The molecule has 0 aromatic heterocycles. The number of hydrogen-bond acceptors (Lipinski definition) is 4. The molecule has 1 N–H and O–H groups in total. The number of aliphatic imine (C=N–C) groups is 1. The maximum absolute atomic E-state index is 15.2. The van der Waals surface area contributed by atoms with Crippen molar-refractivity contribution in [3.63, 3.8) is 0 Å². The zero-order chi connectivity index (χ0) is 25.6. The summed E-state index contributed by atoms with van der Waals surface area (Å²) in [6.45, 7) is 0. The van der Waals surface area contributed by atoms with Crippen molar-refractivity contribution in [2.24, 2.45) is 10.9 Å². The lowest BCUT2D eigenvalue weighted by atomic mass is 9.83. The number of para-hydroxylation sites is 2. The van der Waals surface area contributed by atoms with Gasteiger partial charge in [-0.15, -0.1) is 0 Å². The van der Waals surface area contributed by atoms with Crippen molar-refractivity contribution in [2.75, 3.05) is 12.4 Å². The van der Waals surface area contributed by atoms with E-state index in [4.69, 9.17) is 0 Å². The number of ether oxygens (including phenoxy) is 1. The Kier molecular flexibility index (Phi) is 5.98. The molecule has 0 saturated carbocycles. The summed E-state index contributed by atoms with van der Waals surface area (Å²) in [5.41, 5.74) is -2.03. The fraction of sp³-hybridized carbons (Fsp3) is 0.250. The van der Waals surface area contributed by atoms with E-state index in [-0.39, 0.29) is 16.9 Å². The van der Waals surface area contributed by atoms with Crippen LogP contribution in [0, 0.1) is 5.92 Å². The Balaban J connectivity index is 2.04. The predicted octanol–water partition coefficient (Wildman–Crippen LogP) is 6.70. The molecule has 2 unspecified atom stereocenters. The Labute approximate surface area is 194 Å². The van der Waals surface area contributed by atoms with Crippen LogP contribution in [0.2, 0.25) is 0 Å². The third kappa shape index (κ3) is 3.98. The highest BCUT2D eigenvalue weighted by Gasteiger charge is 2.76. The summed E-state index contributed by atoms with van der Waals surface area (Å²) in [5.74, 6) is -16.2. The van der Waals surface area contributed by atoms with Gasteiger partial charge in [0, 0.05) is 0 Å². The first-order valence-electron chi connectivity index (χ1n) is 10.2. The number of anilines is 1. The van der Waals surface area contributed by atoms with Gasteiger partial charge in [-0.05, 0) is 28.5 Å². The molecule has 0 aliphatic carbocycles. The van der Waals surface area contributed by atoms with E-state index in [1.165, 1.54) is 24.3 Å². The van der Waals surface area contributed by atoms with Gasteiger partial charge in [-0.2, -0.15) is 30.7 Å². The molecule has 0 saturated heterocycles. The van der Waals surface area contributed by atoms with Gasteiger partial charge >= 0.3 is 24.0 Å². The van der Waals surface area contributed by atoms with Crippen LogP contribution in [-0.2, 0) is 9.53 Å². The lowest BCUT2D eigenvalue weighted by Gasteiger charge is -2.34. The van der Waals surface area contributed by atoms with Crippen LogP contribution in [0.3, 0.4) is 0 Å². The Bertz CT molecular complexity index is 1300. The molecule has 3 aromatic carbocycles. The average molecular weight is 498 g/mol. The number of carbonyl (C=O) groups excluding carboxylic acids is 1. The Morgan fingerprint density at radius 1 is 0.886 bits per heavy atom. The van der Waals surface area contributed by atoms with Crippen LogP contribution in [-0.4, -0.2) is 36.8 Å². The summed E-state index contributed by atoms with van der Waals surface area (Å²) in [4.78, 5) is 16.3. The van der Waals surface area contributed by atoms with Crippen LogP contribution in [0.1, 0.15) is 11.6 Å². The number of carbonyl (C=O) groups is 1. The minimum Gasteiger partial charge on any atom is -0.468 e. The second-order valence-corrected chi connectivity index (χ2v) is 7.85. The molecule has 11 heteroatoms. The van der Waals surface area contributed by atoms with Gasteiger partial charge in [-0.3, -0.25) is 4.79 Å². The third-order valence-corrected chi connectivity index (χ3v) is 5.77. The molecule has 0 spiro atoms. The molecular formula is C24H17F7N2O2. The number of methoxy groups -OCH3 is 1. The lowest BCUT2D eigenvalue weighted by molar-refractivity contribution is -0.337. The molecule has 0 fully saturated rings. The molecular weight excluding hydrogens is 481 g/mol. The normalized spacial score (nSPS) is 18.8. The second-order valence-electron chi connectivity index (χ2n) is 7.85. The lowest BCUT2D eigenvalue weighted by Crippen LogP contribution is -2.59. The SMILES string of the molecule is COC(=O)C1C(C(F)(F)C(F)(F)C(F)(F)F)=Nc2ccccc2NC1c1cccc2ccccc12. The number of halogens is 7. The highest BCUT2D eigenvalue weighted by atomic mass is 19.4. The van der Waals surface area contributed by atoms with Crippen LogP contribution < -0.4 is 5.32 Å². The van der Waals surface area contributed by atoms with E-state index in [1.54, 1.807) is 36.4 Å². The van der Waals surface area contributed by atoms with Crippen molar-refractivity contribution in [1.82, 2.24) is 0 Å². The van der Waals surface area contributed by atoms with E-state index in [0.717, 1.165) is 13.2 Å². The van der Waals surface area contributed by atoms with Crippen molar-refractivity contribution in [3.8, 4) is 0 Å². The minimum absolute atomic E-state index is 0.0560. The zero-order valence-electron chi connectivity index (χ0n) is 17.9. The van der Waals surface area contributed by atoms with Gasteiger partial charge in [0.15, 0.2) is 0 Å². The predicted molar refractivity (Wildman–Crippen MR) is 115 cm³/mol. The third-order valence-electron chi connectivity index (χ3n) is 5.77. The zero-order valence-corrected chi connectivity index (χ0v) is 17.9. The largest absolute Gasteiger partial charge is 0.468 e. The topological polar surface area (TPSA) is 50.7 Å². The highest BCUT2D eigenvalue weighted by molar-refractivity contribution is 6.10. The molecule has 3 aromatic rings. The van der Waals surface area contributed by atoms with Crippen LogP contribution in [0.25, 0.3) is 10.8 Å². The number of alkyl halides is 7. The van der Waals surface area contributed by atoms with Crippen molar-refractivity contribution in [2.45, 2.75) is 24.1 Å². The molecule has 4 rings (SSSR count). The molecule has 0 amide bonds. The fourth-order valence-corrected chi connectivity index (χ4v) is 4.06. The van der Waals surface area contributed by atoms with Gasteiger partial charge in [0.1, 0.15) is 11.6 Å². The molecule has 2 atom stereocenters. The van der Waals surface area contributed by atoms with Gasteiger partial charge < -0.3 is 10.1 Å². The number of rotatable bonds is 4. The summed E-state index contributed by atoms with van der Waals surface area (Å²) < 4.78 is 103. The summed E-state index contributed by atoms with van der Waals surface area (Å²) >= 11 is 0. The van der Waals surface area contributed by atoms with Crippen LogP contribution in [0.4, 0.5) is 42.1 Å². The van der Waals surface area contributed by atoms with Crippen LogP contribution in [0.15, 0.2) is 71.7 Å². The monoisotopic (exact) mass is 498 g/mol. The van der Waals surface area contributed by atoms with E-state index in [0.29, 0.717) is 10.8 Å². The average Bonchev–Trinajstić information content (AvgIpc) is 3.00. The molecule has 35 heavy (non-hydrogen) atoms. The van der Waals surface area contributed by atoms with Crippen LogP contribution in [0.5, 0.6) is 0 Å². The van der Waals surface area contributed by atoms with E-state index in [2.05, 4.69) is 15.0 Å².